The number of benzene rings is 1. The molecule has 1 N–H and O–H groups in total. The average molecular weight is 267 g/mol. The van der Waals surface area contributed by atoms with Gasteiger partial charge in [0.2, 0.25) is 0 Å². The van der Waals surface area contributed by atoms with Crippen molar-refractivity contribution in [3.8, 4) is 11.8 Å². The molecule has 15 heavy (non-hydrogen) atoms. The van der Waals surface area contributed by atoms with Crippen LogP contribution in [0.4, 0.5) is 5.69 Å². The minimum absolute atomic E-state index is 0.0724. The second kappa shape index (κ2) is 4.11. The van der Waals surface area contributed by atoms with Crippen LogP contribution in [0.2, 0.25) is 0 Å². The minimum Gasteiger partial charge on any atom is -0.485 e. The van der Waals surface area contributed by atoms with Crippen molar-refractivity contribution in [1.82, 2.24) is 0 Å². The Bertz CT molecular complexity index is 414. The first-order chi connectivity index (χ1) is 7.20. The Labute approximate surface area is 97.2 Å². The van der Waals surface area contributed by atoms with Crippen LogP contribution in [0.25, 0.3) is 0 Å². The second-order valence-electron chi connectivity index (χ2n) is 3.59. The van der Waals surface area contributed by atoms with E-state index in [2.05, 4.69) is 27.3 Å². The highest BCUT2D eigenvalue weighted by atomic mass is 79.9. The molecule has 1 aliphatic heterocycles. The van der Waals surface area contributed by atoms with Crippen LogP contribution in [-0.4, -0.2) is 12.1 Å². The van der Waals surface area contributed by atoms with E-state index in [-0.39, 0.29) is 12.1 Å². The Morgan fingerprint density at radius 3 is 3.13 bits per heavy atom. The number of fused-ring (bicyclic) bond motifs is 1. The highest BCUT2D eigenvalue weighted by molar-refractivity contribution is 9.10. The summed E-state index contributed by atoms with van der Waals surface area (Å²) >= 11 is 3.39. The lowest BCUT2D eigenvalue weighted by atomic mass is 10.1. The van der Waals surface area contributed by atoms with E-state index in [9.17, 15) is 0 Å². The molecule has 0 bridgehead atoms. The summed E-state index contributed by atoms with van der Waals surface area (Å²) in [7, 11) is 0. The molecule has 0 saturated carbocycles. The van der Waals surface area contributed by atoms with Gasteiger partial charge in [-0.15, -0.1) is 0 Å². The van der Waals surface area contributed by atoms with E-state index in [1.165, 1.54) is 0 Å². The van der Waals surface area contributed by atoms with Gasteiger partial charge in [0.25, 0.3) is 0 Å². The molecule has 2 unspecified atom stereocenters. The van der Waals surface area contributed by atoms with Gasteiger partial charge in [0, 0.05) is 4.47 Å². The summed E-state index contributed by atoms with van der Waals surface area (Å²) in [4.78, 5) is 0. The molecule has 78 valence electrons. The molecule has 3 nitrogen and oxygen atoms in total. The molecular weight excluding hydrogens is 256 g/mol. The molecule has 1 aliphatic rings. The summed E-state index contributed by atoms with van der Waals surface area (Å²) in [6, 6.07) is 8.15. The maximum absolute atomic E-state index is 8.67. The Morgan fingerprint density at radius 2 is 2.40 bits per heavy atom. The largest absolute Gasteiger partial charge is 0.485 e. The summed E-state index contributed by atoms with van der Waals surface area (Å²) in [5.41, 5.74) is 0.986. The number of hydrogen-bond acceptors (Lipinski definition) is 3. The molecule has 0 fully saturated rings. The summed E-state index contributed by atoms with van der Waals surface area (Å²) < 4.78 is 6.73. The van der Waals surface area contributed by atoms with Gasteiger partial charge in [0.1, 0.15) is 11.9 Å². The third-order valence-electron chi connectivity index (χ3n) is 2.46. The first-order valence-corrected chi connectivity index (χ1v) is 5.59. The van der Waals surface area contributed by atoms with Crippen molar-refractivity contribution >= 4 is 21.6 Å². The van der Waals surface area contributed by atoms with Crippen molar-refractivity contribution in [1.29, 1.82) is 5.26 Å². The quantitative estimate of drug-likeness (QED) is 0.850. The summed E-state index contributed by atoms with van der Waals surface area (Å²) in [5, 5.41) is 12.0. The van der Waals surface area contributed by atoms with Crippen molar-refractivity contribution in [2.45, 2.75) is 25.5 Å². The van der Waals surface area contributed by atoms with Crippen molar-refractivity contribution in [2.24, 2.45) is 0 Å². The molecular formula is C11H11BrN2O. The lowest BCUT2D eigenvalue weighted by Crippen LogP contribution is -2.38. The fourth-order valence-electron chi connectivity index (χ4n) is 1.62. The normalized spacial score (nSPS) is 23.3. The van der Waals surface area contributed by atoms with E-state index in [0.29, 0.717) is 6.42 Å². The maximum atomic E-state index is 8.67. The van der Waals surface area contributed by atoms with Gasteiger partial charge in [-0.05, 0) is 25.1 Å². The first-order valence-electron chi connectivity index (χ1n) is 4.80. The van der Waals surface area contributed by atoms with Gasteiger partial charge in [0.05, 0.1) is 24.2 Å². The van der Waals surface area contributed by atoms with Crippen LogP contribution in [0.15, 0.2) is 22.7 Å². The zero-order chi connectivity index (χ0) is 10.8. The van der Waals surface area contributed by atoms with Gasteiger partial charge in [-0.3, -0.25) is 0 Å². The van der Waals surface area contributed by atoms with Gasteiger partial charge in [-0.25, -0.2) is 0 Å². The van der Waals surface area contributed by atoms with Gasteiger partial charge < -0.3 is 10.1 Å². The van der Waals surface area contributed by atoms with Gasteiger partial charge in [-0.2, -0.15) is 5.26 Å². The average Bonchev–Trinajstić information content (AvgIpc) is 2.20. The van der Waals surface area contributed by atoms with E-state index >= 15 is 0 Å². The number of ether oxygens (including phenoxy) is 1. The van der Waals surface area contributed by atoms with Crippen LogP contribution in [0.1, 0.15) is 13.3 Å². The third-order valence-corrected chi connectivity index (χ3v) is 2.95. The molecule has 0 aliphatic carbocycles. The number of nitrogens with zero attached hydrogens (tertiary/aromatic N) is 1. The Balaban J connectivity index is 2.27. The monoisotopic (exact) mass is 266 g/mol. The summed E-state index contributed by atoms with van der Waals surface area (Å²) in [6.07, 6.45) is 0.330. The predicted molar refractivity (Wildman–Crippen MR) is 61.9 cm³/mol. The topological polar surface area (TPSA) is 45.0 Å². The number of halogens is 1. The van der Waals surface area contributed by atoms with Crippen LogP contribution in [-0.2, 0) is 0 Å². The second-order valence-corrected chi connectivity index (χ2v) is 4.51. The fraction of sp³-hybridized carbons (Fsp3) is 0.364. The van der Waals surface area contributed by atoms with Crippen LogP contribution in [0.3, 0.4) is 0 Å². The number of nitrogens with one attached hydrogen (secondary N) is 1. The molecule has 4 heteroatoms. The van der Waals surface area contributed by atoms with Crippen molar-refractivity contribution < 1.29 is 4.74 Å². The Kier molecular flexibility index (Phi) is 2.83. The highest BCUT2D eigenvalue weighted by Crippen LogP contribution is 2.34. The van der Waals surface area contributed by atoms with Crippen LogP contribution in [0.5, 0.6) is 5.75 Å². The van der Waals surface area contributed by atoms with Crippen LogP contribution < -0.4 is 10.1 Å². The first kappa shape index (κ1) is 10.3. The number of hydrogen-bond donors (Lipinski definition) is 1. The van der Waals surface area contributed by atoms with E-state index in [1.54, 1.807) is 0 Å². The van der Waals surface area contributed by atoms with E-state index in [0.717, 1.165) is 15.9 Å². The number of rotatable bonds is 1. The van der Waals surface area contributed by atoms with Crippen molar-refractivity contribution in [2.75, 3.05) is 5.32 Å². The fourth-order valence-corrected chi connectivity index (χ4v) is 1.96. The Hall–Kier alpha value is -1.21. The lowest BCUT2D eigenvalue weighted by molar-refractivity contribution is 0.179. The molecule has 1 aromatic rings. The molecule has 0 amide bonds. The van der Waals surface area contributed by atoms with Gasteiger partial charge >= 0.3 is 0 Å². The molecule has 1 heterocycles. The Morgan fingerprint density at radius 1 is 1.60 bits per heavy atom. The van der Waals surface area contributed by atoms with Crippen LogP contribution >= 0.6 is 15.9 Å². The van der Waals surface area contributed by atoms with Crippen molar-refractivity contribution in [3.63, 3.8) is 0 Å². The van der Waals surface area contributed by atoms with E-state index in [1.807, 2.05) is 25.1 Å². The molecule has 2 rings (SSSR count). The van der Waals surface area contributed by atoms with Gasteiger partial charge in [-0.1, -0.05) is 15.9 Å². The lowest BCUT2D eigenvalue weighted by Gasteiger charge is -2.31. The third kappa shape index (κ3) is 2.07. The molecule has 1 aromatic carbocycles. The van der Waals surface area contributed by atoms with Crippen molar-refractivity contribution in [3.05, 3.63) is 22.7 Å². The number of nitriles is 1. The minimum atomic E-state index is -0.0724. The predicted octanol–water partition coefficient (Wildman–Crippen LogP) is 2.92. The van der Waals surface area contributed by atoms with Crippen LogP contribution in [0, 0.1) is 11.3 Å². The summed E-state index contributed by atoms with van der Waals surface area (Å²) in [6.45, 7) is 2.02. The molecule has 0 aromatic heterocycles. The molecule has 0 saturated heterocycles. The van der Waals surface area contributed by atoms with E-state index < -0.39 is 0 Å². The van der Waals surface area contributed by atoms with E-state index in [4.69, 9.17) is 10.00 Å². The summed E-state index contributed by atoms with van der Waals surface area (Å²) in [5.74, 6) is 0.808. The molecule has 0 spiro atoms. The zero-order valence-electron chi connectivity index (χ0n) is 8.33. The number of anilines is 1. The smallest absolute Gasteiger partial charge is 0.144 e. The highest BCUT2D eigenvalue weighted by Gasteiger charge is 2.25. The molecule has 2 atom stereocenters. The van der Waals surface area contributed by atoms with Gasteiger partial charge in [0.15, 0.2) is 0 Å². The zero-order valence-corrected chi connectivity index (χ0v) is 9.91. The SMILES string of the molecule is CC1Nc2ccc(Br)cc2OC1CC#N. The maximum Gasteiger partial charge on any atom is 0.144 e. The molecule has 0 radical (unpaired) electrons. The standard InChI is InChI=1S/C11H11BrN2O/c1-7-10(4-5-13)15-11-6-8(12)2-3-9(11)14-7/h2-3,6-7,10,14H,4H2,1H3.